The molecule has 0 fully saturated rings. The molecule has 1 amide bonds. The summed E-state index contributed by atoms with van der Waals surface area (Å²) in [6.07, 6.45) is 8.30. The zero-order chi connectivity index (χ0) is 18.6. The lowest BCUT2D eigenvalue weighted by atomic mass is 10.1. The summed E-state index contributed by atoms with van der Waals surface area (Å²) in [4.78, 5) is 22.8. The van der Waals surface area contributed by atoms with Gasteiger partial charge in [-0.25, -0.2) is 9.97 Å². The standard InChI is InChI=1S/C21H16N4O2/c22-19(26)8-6-15-12-24-21-18(15)10-16(13-25-21)14-7-9-20(23-11-14)27-17-4-2-1-3-5-17/h1-13H,(H2,22,26)(H,24,25)/b8-6+. The summed E-state index contributed by atoms with van der Waals surface area (Å²) in [5.41, 5.74) is 8.57. The molecule has 3 N–H and O–H groups in total. The van der Waals surface area contributed by atoms with Gasteiger partial charge in [0, 0.05) is 52.8 Å². The van der Waals surface area contributed by atoms with Crippen LogP contribution in [-0.4, -0.2) is 20.9 Å². The molecule has 0 aliphatic heterocycles. The fourth-order valence-electron chi connectivity index (χ4n) is 2.71. The molecular weight excluding hydrogens is 340 g/mol. The smallest absolute Gasteiger partial charge is 0.241 e. The van der Waals surface area contributed by atoms with Crippen molar-refractivity contribution in [1.29, 1.82) is 0 Å². The number of hydrogen-bond donors (Lipinski definition) is 2. The molecule has 0 aliphatic carbocycles. The van der Waals surface area contributed by atoms with Crippen LogP contribution in [0, 0.1) is 0 Å². The highest BCUT2D eigenvalue weighted by Gasteiger charge is 2.07. The van der Waals surface area contributed by atoms with Crippen molar-refractivity contribution in [2.45, 2.75) is 0 Å². The van der Waals surface area contributed by atoms with Gasteiger partial charge in [-0.3, -0.25) is 4.79 Å². The van der Waals surface area contributed by atoms with Gasteiger partial charge in [0.1, 0.15) is 11.4 Å². The van der Waals surface area contributed by atoms with Crippen molar-refractivity contribution in [3.05, 3.63) is 78.8 Å². The minimum absolute atomic E-state index is 0.494. The fourth-order valence-corrected chi connectivity index (χ4v) is 2.71. The Kier molecular flexibility index (Phi) is 4.37. The number of para-hydroxylation sites is 1. The van der Waals surface area contributed by atoms with Crippen LogP contribution in [0.3, 0.4) is 0 Å². The molecule has 3 heterocycles. The van der Waals surface area contributed by atoms with Gasteiger partial charge in [-0.05, 0) is 30.3 Å². The molecule has 0 spiro atoms. The van der Waals surface area contributed by atoms with E-state index in [2.05, 4.69) is 15.0 Å². The first-order chi connectivity index (χ1) is 13.2. The lowest BCUT2D eigenvalue weighted by molar-refractivity contribution is -0.113. The van der Waals surface area contributed by atoms with Gasteiger partial charge < -0.3 is 15.5 Å². The number of amides is 1. The second-order valence-electron chi connectivity index (χ2n) is 5.90. The summed E-state index contributed by atoms with van der Waals surface area (Å²) in [7, 11) is 0. The third-order valence-electron chi connectivity index (χ3n) is 4.03. The minimum Gasteiger partial charge on any atom is -0.439 e. The predicted octanol–water partition coefficient (Wildman–Crippen LogP) is 3.92. The number of pyridine rings is 2. The third kappa shape index (κ3) is 3.69. The molecule has 4 rings (SSSR count). The molecule has 0 unspecified atom stereocenters. The topological polar surface area (TPSA) is 93.9 Å². The highest BCUT2D eigenvalue weighted by atomic mass is 16.5. The number of benzene rings is 1. The quantitative estimate of drug-likeness (QED) is 0.530. The molecule has 0 bridgehead atoms. The minimum atomic E-state index is -0.494. The maximum Gasteiger partial charge on any atom is 0.241 e. The number of hydrogen-bond acceptors (Lipinski definition) is 4. The van der Waals surface area contributed by atoms with Crippen LogP contribution in [0.1, 0.15) is 5.56 Å². The molecule has 4 aromatic rings. The molecule has 0 radical (unpaired) electrons. The first-order valence-corrected chi connectivity index (χ1v) is 8.33. The van der Waals surface area contributed by atoms with Gasteiger partial charge in [0.25, 0.3) is 0 Å². The Hall–Kier alpha value is -3.93. The number of fused-ring (bicyclic) bond motifs is 1. The van der Waals surface area contributed by atoms with Crippen LogP contribution < -0.4 is 10.5 Å². The fraction of sp³-hybridized carbons (Fsp3) is 0. The number of aromatic nitrogens is 3. The van der Waals surface area contributed by atoms with Crippen LogP contribution in [0.4, 0.5) is 0 Å². The summed E-state index contributed by atoms with van der Waals surface area (Å²) >= 11 is 0. The molecule has 6 nitrogen and oxygen atoms in total. The van der Waals surface area contributed by atoms with Crippen molar-refractivity contribution >= 4 is 23.0 Å². The molecule has 3 aromatic heterocycles. The van der Waals surface area contributed by atoms with Crippen molar-refractivity contribution in [1.82, 2.24) is 15.0 Å². The second kappa shape index (κ2) is 7.13. The monoisotopic (exact) mass is 356 g/mol. The summed E-state index contributed by atoms with van der Waals surface area (Å²) < 4.78 is 5.72. The third-order valence-corrected chi connectivity index (χ3v) is 4.03. The van der Waals surface area contributed by atoms with E-state index in [0.29, 0.717) is 5.88 Å². The molecule has 1 aromatic carbocycles. The van der Waals surface area contributed by atoms with Gasteiger partial charge in [-0.15, -0.1) is 0 Å². The summed E-state index contributed by atoms with van der Waals surface area (Å²) in [6.45, 7) is 0. The first kappa shape index (κ1) is 16.5. The predicted molar refractivity (Wildman–Crippen MR) is 104 cm³/mol. The number of rotatable bonds is 5. The van der Waals surface area contributed by atoms with Gasteiger partial charge in [0.05, 0.1) is 0 Å². The molecule has 0 aliphatic rings. The largest absolute Gasteiger partial charge is 0.439 e. The number of nitrogens with one attached hydrogen (secondary N) is 1. The van der Waals surface area contributed by atoms with E-state index in [1.807, 2.05) is 48.5 Å². The van der Waals surface area contributed by atoms with Gasteiger partial charge >= 0.3 is 0 Å². The average Bonchev–Trinajstić information content (AvgIpc) is 3.10. The first-order valence-electron chi connectivity index (χ1n) is 8.33. The van der Waals surface area contributed by atoms with Gasteiger partial charge in [0.2, 0.25) is 11.8 Å². The number of ether oxygens (including phenoxy) is 1. The average molecular weight is 356 g/mol. The molecule has 0 saturated carbocycles. The molecule has 0 atom stereocenters. The van der Waals surface area contributed by atoms with E-state index in [-0.39, 0.29) is 0 Å². The summed E-state index contributed by atoms with van der Waals surface area (Å²) in [5, 5.41) is 0.898. The number of carbonyl (C=O) groups excluding carboxylic acids is 1. The van der Waals surface area contributed by atoms with Gasteiger partial charge in [0.15, 0.2) is 0 Å². The van der Waals surface area contributed by atoms with Crippen molar-refractivity contribution in [2.24, 2.45) is 5.73 Å². The van der Waals surface area contributed by atoms with E-state index in [4.69, 9.17) is 10.5 Å². The van der Waals surface area contributed by atoms with E-state index >= 15 is 0 Å². The maximum atomic E-state index is 11.0. The number of H-pyrrole nitrogens is 1. The van der Waals surface area contributed by atoms with Crippen LogP contribution in [-0.2, 0) is 4.79 Å². The van der Waals surface area contributed by atoms with Crippen molar-refractivity contribution in [2.75, 3.05) is 0 Å². The number of nitrogens with zero attached hydrogens (tertiary/aromatic N) is 2. The molecule has 6 heteroatoms. The highest BCUT2D eigenvalue weighted by Crippen LogP contribution is 2.27. The van der Waals surface area contributed by atoms with Crippen LogP contribution >= 0.6 is 0 Å². The van der Waals surface area contributed by atoms with Gasteiger partial charge in [-0.1, -0.05) is 18.2 Å². The van der Waals surface area contributed by atoms with Crippen LogP contribution in [0.5, 0.6) is 11.6 Å². The zero-order valence-corrected chi connectivity index (χ0v) is 14.3. The second-order valence-corrected chi connectivity index (χ2v) is 5.90. The molecule has 27 heavy (non-hydrogen) atoms. The number of carbonyl (C=O) groups is 1. The van der Waals surface area contributed by atoms with E-state index in [1.165, 1.54) is 6.08 Å². The Balaban J connectivity index is 1.62. The van der Waals surface area contributed by atoms with Crippen molar-refractivity contribution < 1.29 is 9.53 Å². The molecule has 0 saturated heterocycles. The highest BCUT2D eigenvalue weighted by molar-refractivity contribution is 5.95. The van der Waals surface area contributed by atoms with Crippen molar-refractivity contribution in [3.63, 3.8) is 0 Å². The molecular formula is C21H16N4O2. The Morgan fingerprint density at radius 3 is 2.59 bits per heavy atom. The van der Waals surface area contributed by atoms with E-state index < -0.39 is 5.91 Å². The van der Waals surface area contributed by atoms with Crippen molar-refractivity contribution in [3.8, 4) is 22.8 Å². The Morgan fingerprint density at radius 2 is 1.85 bits per heavy atom. The summed E-state index contributed by atoms with van der Waals surface area (Å²) in [6, 6.07) is 15.2. The van der Waals surface area contributed by atoms with Crippen LogP contribution in [0.2, 0.25) is 0 Å². The Bertz CT molecular complexity index is 1120. The van der Waals surface area contributed by atoms with Crippen LogP contribution in [0.15, 0.2) is 73.2 Å². The number of primary amides is 1. The van der Waals surface area contributed by atoms with E-state index in [9.17, 15) is 4.79 Å². The number of aromatic amines is 1. The van der Waals surface area contributed by atoms with E-state index in [0.717, 1.165) is 33.5 Å². The lowest BCUT2D eigenvalue weighted by Crippen LogP contribution is -2.04. The number of nitrogens with two attached hydrogens (primary N) is 1. The Morgan fingerprint density at radius 1 is 1.04 bits per heavy atom. The molecule has 132 valence electrons. The van der Waals surface area contributed by atoms with E-state index in [1.54, 1.807) is 24.7 Å². The van der Waals surface area contributed by atoms with Crippen LogP contribution in [0.25, 0.3) is 28.2 Å². The maximum absolute atomic E-state index is 11.0. The SMILES string of the molecule is NC(=O)/C=C/c1c[nH]c2ncc(-c3ccc(Oc4ccccc4)nc3)cc12. The normalized spacial score (nSPS) is 11.1. The lowest BCUT2D eigenvalue weighted by Gasteiger charge is -2.06. The zero-order valence-electron chi connectivity index (χ0n) is 14.3. The van der Waals surface area contributed by atoms with Gasteiger partial charge in [-0.2, -0.15) is 0 Å². The Labute approximate surface area is 155 Å². The summed E-state index contributed by atoms with van der Waals surface area (Å²) in [5.74, 6) is 0.761.